The summed E-state index contributed by atoms with van der Waals surface area (Å²) in [4.78, 5) is 5.06. The fraction of sp³-hybridized carbons (Fsp3) is 0.300. The zero-order valence-electron chi connectivity index (χ0n) is 21.3. The molecule has 0 spiro atoms. The number of rotatable bonds is 9. The molecule has 0 bridgehead atoms. The number of ether oxygens (including phenoxy) is 2. The van der Waals surface area contributed by atoms with Crippen molar-refractivity contribution in [3.8, 4) is 22.8 Å². The Morgan fingerprint density at radius 2 is 1.59 bits per heavy atom. The molecule has 1 atom stereocenters. The van der Waals surface area contributed by atoms with Crippen molar-refractivity contribution in [2.24, 2.45) is 0 Å². The van der Waals surface area contributed by atoms with E-state index in [1.54, 1.807) is 14.2 Å². The van der Waals surface area contributed by atoms with E-state index in [0.717, 1.165) is 66.9 Å². The van der Waals surface area contributed by atoms with Crippen LogP contribution < -0.4 is 9.47 Å². The molecule has 1 aliphatic heterocycles. The van der Waals surface area contributed by atoms with Gasteiger partial charge in [-0.3, -0.25) is 4.90 Å². The molecule has 1 aromatic heterocycles. The van der Waals surface area contributed by atoms with Gasteiger partial charge in [0.05, 0.1) is 20.3 Å². The van der Waals surface area contributed by atoms with E-state index in [2.05, 4.69) is 57.4 Å². The molecule has 0 radical (unpaired) electrons. The third-order valence-corrected chi connectivity index (χ3v) is 7.24. The molecule has 0 aliphatic carbocycles. The molecule has 192 valence electrons. The van der Waals surface area contributed by atoms with Crippen LogP contribution in [0.1, 0.15) is 22.9 Å². The number of benzene rings is 3. The molecular weight excluding hydrogens is 486 g/mol. The number of aromatic nitrogens is 1. The van der Waals surface area contributed by atoms with Gasteiger partial charge >= 0.3 is 0 Å². The van der Waals surface area contributed by atoms with Gasteiger partial charge in [0.15, 0.2) is 0 Å². The molecule has 5 rings (SSSR count). The van der Waals surface area contributed by atoms with Crippen molar-refractivity contribution < 1.29 is 14.0 Å². The third kappa shape index (κ3) is 5.99. The lowest BCUT2D eigenvalue weighted by molar-refractivity contribution is 0.109. The van der Waals surface area contributed by atoms with Gasteiger partial charge in [0.1, 0.15) is 23.0 Å². The first-order valence-electron chi connectivity index (χ1n) is 12.6. The zero-order chi connectivity index (χ0) is 25.6. The van der Waals surface area contributed by atoms with Crippen LogP contribution >= 0.6 is 11.6 Å². The molecule has 7 heteroatoms. The Labute approximate surface area is 223 Å². The number of hydrogen-bond donors (Lipinski definition) is 0. The Balaban J connectivity index is 1.20. The lowest BCUT2D eigenvalue weighted by atomic mass is 9.96. The third-order valence-electron chi connectivity index (χ3n) is 6.99. The van der Waals surface area contributed by atoms with Crippen molar-refractivity contribution in [1.29, 1.82) is 0 Å². The average molecular weight is 518 g/mol. The van der Waals surface area contributed by atoms with Crippen molar-refractivity contribution >= 4 is 11.6 Å². The van der Waals surface area contributed by atoms with Gasteiger partial charge in [-0.05, 0) is 35.4 Å². The minimum atomic E-state index is 0.219. The fourth-order valence-electron chi connectivity index (χ4n) is 4.98. The van der Waals surface area contributed by atoms with E-state index in [1.807, 2.05) is 36.4 Å². The van der Waals surface area contributed by atoms with Gasteiger partial charge < -0.3 is 18.9 Å². The smallest absolute Gasteiger partial charge is 0.138 e. The molecule has 1 aliphatic rings. The Bertz CT molecular complexity index is 1290. The molecule has 4 aromatic rings. The number of nitrogens with zero attached hydrogens (tertiary/aromatic N) is 3. The van der Waals surface area contributed by atoms with Crippen LogP contribution in [-0.4, -0.2) is 61.9 Å². The summed E-state index contributed by atoms with van der Waals surface area (Å²) in [5, 5.41) is 5.06. The summed E-state index contributed by atoms with van der Waals surface area (Å²) in [6.07, 6.45) is 0.810. The molecule has 1 fully saturated rings. The SMILES string of the molecule is COc1ccc(-c2cc(CCN3CCN(C(c4ccccc4)c4ccc(Cl)cc4)CC3)on2)c(OC)c1. The standard InChI is InChI=1S/C30H32ClN3O3/c1-35-25-12-13-27(29(21-25)36-2)28-20-26(37-32-28)14-15-33-16-18-34(19-17-33)30(22-6-4-3-5-7-22)23-8-10-24(31)11-9-23/h3-13,20-21,30H,14-19H2,1-2H3. The van der Waals surface area contributed by atoms with Crippen molar-refractivity contribution in [2.45, 2.75) is 12.5 Å². The maximum atomic E-state index is 6.17. The van der Waals surface area contributed by atoms with E-state index in [0.29, 0.717) is 5.75 Å². The summed E-state index contributed by atoms with van der Waals surface area (Å²) in [6.45, 7) is 4.92. The molecule has 1 unspecified atom stereocenters. The van der Waals surface area contributed by atoms with Crippen LogP contribution in [-0.2, 0) is 6.42 Å². The summed E-state index contributed by atoms with van der Waals surface area (Å²) in [6, 6.07) is 26.9. The number of methoxy groups -OCH3 is 2. The van der Waals surface area contributed by atoms with Gasteiger partial charge in [0.25, 0.3) is 0 Å². The second-order valence-electron chi connectivity index (χ2n) is 9.24. The molecule has 1 saturated heterocycles. The van der Waals surface area contributed by atoms with E-state index in [4.69, 9.17) is 25.6 Å². The number of halogens is 1. The normalized spacial score (nSPS) is 15.4. The molecule has 2 heterocycles. The van der Waals surface area contributed by atoms with Crippen LogP contribution in [0.25, 0.3) is 11.3 Å². The highest BCUT2D eigenvalue weighted by Crippen LogP contribution is 2.33. The maximum absolute atomic E-state index is 6.17. The van der Waals surface area contributed by atoms with E-state index in [-0.39, 0.29) is 6.04 Å². The van der Waals surface area contributed by atoms with Crippen molar-refractivity contribution in [1.82, 2.24) is 15.0 Å². The van der Waals surface area contributed by atoms with Crippen LogP contribution in [0.5, 0.6) is 11.5 Å². The van der Waals surface area contributed by atoms with Gasteiger partial charge in [-0.2, -0.15) is 0 Å². The molecule has 0 N–H and O–H groups in total. The maximum Gasteiger partial charge on any atom is 0.138 e. The monoisotopic (exact) mass is 517 g/mol. The molecule has 37 heavy (non-hydrogen) atoms. The van der Waals surface area contributed by atoms with Crippen molar-refractivity contribution in [3.05, 3.63) is 101 Å². The molecule has 0 amide bonds. The first kappa shape index (κ1) is 25.3. The van der Waals surface area contributed by atoms with Crippen LogP contribution in [0, 0.1) is 0 Å². The van der Waals surface area contributed by atoms with Crippen LogP contribution in [0.15, 0.2) is 83.4 Å². The summed E-state index contributed by atoms with van der Waals surface area (Å²) in [5.74, 6) is 2.33. The van der Waals surface area contributed by atoms with Gasteiger partial charge in [-0.15, -0.1) is 0 Å². The van der Waals surface area contributed by atoms with Gasteiger partial charge in [0, 0.05) is 61.9 Å². The summed E-state index contributed by atoms with van der Waals surface area (Å²) in [7, 11) is 3.29. The second-order valence-corrected chi connectivity index (χ2v) is 9.67. The van der Waals surface area contributed by atoms with E-state index in [1.165, 1.54) is 11.1 Å². The van der Waals surface area contributed by atoms with Crippen LogP contribution in [0.4, 0.5) is 0 Å². The highest BCUT2D eigenvalue weighted by atomic mass is 35.5. The predicted octanol–water partition coefficient (Wildman–Crippen LogP) is 5.96. The second kappa shape index (κ2) is 11.8. The molecule has 6 nitrogen and oxygen atoms in total. The Kier molecular flexibility index (Phi) is 8.09. The number of piperazine rings is 1. The first-order chi connectivity index (χ1) is 18.1. The van der Waals surface area contributed by atoms with Gasteiger partial charge in [-0.1, -0.05) is 59.2 Å². The van der Waals surface area contributed by atoms with E-state index < -0.39 is 0 Å². The summed E-state index contributed by atoms with van der Waals surface area (Å²) in [5.41, 5.74) is 4.24. The van der Waals surface area contributed by atoms with Crippen LogP contribution in [0.3, 0.4) is 0 Å². The predicted molar refractivity (Wildman–Crippen MR) is 146 cm³/mol. The summed E-state index contributed by atoms with van der Waals surface area (Å²) < 4.78 is 16.5. The minimum Gasteiger partial charge on any atom is -0.497 e. The molecule has 0 saturated carbocycles. The Morgan fingerprint density at radius 3 is 2.30 bits per heavy atom. The van der Waals surface area contributed by atoms with Gasteiger partial charge in [0.2, 0.25) is 0 Å². The lowest BCUT2D eigenvalue weighted by Gasteiger charge is -2.39. The highest BCUT2D eigenvalue weighted by molar-refractivity contribution is 6.30. The minimum absolute atomic E-state index is 0.219. The zero-order valence-corrected chi connectivity index (χ0v) is 22.0. The molecular formula is C30H32ClN3O3. The lowest BCUT2D eigenvalue weighted by Crippen LogP contribution is -2.48. The van der Waals surface area contributed by atoms with E-state index >= 15 is 0 Å². The van der Waals surface area contributed by atoms with Crippen molar-refractivity contribution in [2.75, 3.05) is 46.9 Å². The topological polar surface area (TPSA) is 51.0 Å². The fourth-order valence-corrected chi connectivity index (χ4v) is 5.10. The first-order valence-corrected chi connectivity index (χ1v) is 13.0. The number of hydrogen-bond acceptors (Lipinski definition) is 6. The average Bonchev–Trinajstić information content (AvgIpc) is 3.43. The molecule has 3 aromatic carbocycles. The summed E-state index contributed by atoms with van der Waals surface area (Å²) >= 11 is 6.17. The van der Waals surface area contributed by atoms with Gasteiger partial charge in [-0.25, -0.2) is 0 Å². The van der Waals surface area contributed by atoms with Crippen LogP contribution in [0.2, 0.25) is 5.02 Å². The van der Waals surface area contributed by atoms with Crippen molar-refractivity contribution in [3.63, 3.8) is 0 Å². The van der Waals surface area contributed by atoms with E-state index in [9.17, 15) is 0 Å². The highest BCUT2D eigenvalue weighted by Gasteiger charge is 2.26. The quantitative estimate of drug-likeness (QED) is 0.273. The Hall–Kier alpha value is -3.32. The Morgan fingerprint density at radius 1 is 0.865 bits per heavy atom. The largest absolute Gasteiger partial charge is 0.497 e.